The molecule has 0 spiro atoms. The number of amides is 1. The van der Waals surface area contributed by atoms with Gasteiger partial charge in [-0.25, -0.2) is 4.39 Å². The lowest BCUT2D eigenvalue weighted by Crippen LogP contribution is -2.26. The van der Waals surface area contributed by atoms with E-state index in [1.807, 2.05) is 0 Å². The molecule has 0 fully saturated rings. The van der Waals surface area contributed by atoms with Crippen LogP contribution in [0.15, 0.2) is 36.4 Å². The predicted molar refractivity (Wildman–Crippen MR) is 99.5 cm³/mol. The van der Waals surface area contributed by atoms with E-state index >= 15 is 0 Å². The lowest BCUT2D eigenvalue weighted by atomic mass is 10.1. The van der Waals surface area contributed by atoms with E-state index in [0.29, 0.717) is 45.7 Å². The smallest absolute Gasteiger partial charge is 0.255 e. The lowest BCUT2D eigenvalue weighted by Gasteiger charge is -2.12. The average molecular weight is 384 g/mol. The molecule has 2 aromatic rings. The fourth-order valence-electron chi connectivity index (χ4n) is 2.24. The van der Waals surface area contributed by atoms with Gasteiger partial charge in [-0.2, -0.15) is 11.8 Å². The van der Waals surface area contributed by atoms with Crippen molar-refractivity contribution in [1.29, 1.82) is 0 Å². The summed E-state index contributed by atoms with van der Waals surface area (Å²) < 4.78 is 24.1. The van der Waals surface area contributed by atoms with Crippen molar-refractivity contribution in [3.05, 3.63) is 58.4 Å². The standard InChI is InChI=1S/C18H19ClFNO3S/c1-23-16-8-3-5-12(17(16)24-2)18(22)21-9-10-25-11-13-14(19)6-4-7-15(13)20/h3-8H,9-11H2,1-2H3,(H,21,22). The number of hydrogen-bond donors (Lipinski definition) is 1. The first-order valence-corrected chi connectivity index (χ1v) is 9.11. The fraction of sp³-hybridized carbons (Fsp3) is 0.278. The van der Waals surface area contributed by atoms with Crippen molar-refractivity contribution in [2.75, 3.05) is 26.5 Å². The zero-order valence-electron chi connectivity index (χ0n) is 14.0. The molecule has 0 aliphatic rings. The summed E-state index contributed by atoms with van der Waals surface area (Å²) in [6.07, 6.45) is 0. The Bertz CT molecular complexity index is 722. The van der Waals surface area contributed by atoms with Crippen molar-refractivity contribution in [1.82, 2.24) is 5.32 Å². The van der Waals surface area contributed by atoms with Gasteiger partial charge in [0.25, 0.3) is 5.91 Å². The quantitative estimate of drug-likeness (QED) is 0.695. The number of nitrogens with one attached hydrogen (secondary N) is 1. The van der Waals surface area contributed by atoms with Crippen LogP contribution in [-0.2, 0) is 5.75 Å². The molecule has 1 amide bonds. The highest BCUT2D eigenvalue weighted by molar-refractivity contribution is 7.98. The van der Waals surface area contributed by atoms with Gasteiger partial charge < -0.3 is 14.8 Å². The largest absolute Gasteiger partial charge is 0.493 e. The van der Waals surface area contributed by atoms with Crippen molar-refractivity contribution in [2.24, 2.45) is 0 Å². The van der Waals surface area contributed by atoms with Crippen LogP contribution in [-0.4, -0.2) is 32.4 Å². The molecule has 0 heterocycles. The van der Waals surface area contributed by atoms with Crippen molar-refractivity contribution in [2.45, 2.75) is 5.75 Å². The van der Waals surface area contributed by atoms with Gasteiger partial charge in [-0.3, -0.25) is 4.79 Å². The second kappa shape index (κ2) is 9.53. The highest BCUT2D eigenvalue weighted by atomic mass is 35.5. The normalized spacial score (nSPS) is 10.4. The number of carbonyl (C=O) groups excluding carboxylic acids is 1. The molecule has 2 aromatic carbocycles. The van der Waals surface area contributed by atoms with E-state index < -0.39 is 0 Å². The molecule has 134 valence electrons. The molecule has 0 aromatic heterocycles. The molecule has 25 heavy (non-hydrogen) atoms. The predicted octanol–water partition coefficient (Wildman–Crippen LogP) is 4.16. The van der Waals surface area contributed by atoms with Gasteiger partial charge in [-0.05, 0) is 24.3 Å². The van der Waals surface area contributed by atoms with Crippen LogP contribution in [0.5, 0.6) is 11.5 Å². The minimum Gasteiger partial charge on any atom is -0.493 e. The van der Waals surface area contributed by atoms with Gasteiger partial charge in [0.05, 0.1) is 19.8 Å². The topological polar surface area (TPSA) is 47.6 Å². The Balaban J connectivity index is 1.85. The van der Waals surface area contributed by atoms with Gasteiger partial charge in [-0.1, -0.05) is 23.7 Å². The second-order valence-electron chi connectivity index (χ2n) is 5.05. The maximum absolute atomic E-state index is 13.7. The van der Waals surface area contributed by atoms with Crippen molar-refractivity contribution >= 4 is 29.3 Å². The Morgan fingerprint density at radius 3 is 2.64 bits per heavy atom. The molecule has 0 bridgehead atoms. The number of benzene rings is 2. The first kappa shape index (κ1) is 19.4. The molecule has 0 unspecified atom stereocenters. The zero-order valence-corrected chi connectivity index (χ0v) is 15.5. The van der Waals surface area contributed by atoms with Gasteiger partial charge in [0.15, 0.2) is 11.5 Å². The number of methoxy groups -OCH3 is 2. The molecule has 0 radical (unpaired) electrons. The minimum atomic E-state index is -0.315. The SMILES string of the molecule is COc1cccc(C(=O)NCCSCc2c(F)cccc2Cl)c1OC. The van der Waals surface area contributed by atoms with Crippen LogP contribution < -0.4 is 14.8 Å². The molecule has 0 atom stereocenters. The summed E-state index contributed by atoms with van der Waals surface area (Å²) in [6.45, 7) is 0.440. The van der Waals surface area contributed by atoms with Crippen LogP contribution in [0.3, 0.4) is 0 Å². The first-order valence-electron chi connectivity index (χ1n) is 7.58. The number of ether oxygens (including phenoxy) is 2. The Labute approximate surface area is 155 Å². The zero-order chi connectivity index (χ0) is 18.2. The van der Waals surface area contributed by atoms with E-state index in [1.165, 1.54) is 32.0 Å². The highest BCUT2D eigenvalue weighted by Crippen LogP contribution is 2.30. The maximum atomic E-state index is 13.7. The number of hydrogen-bond acceptors (Lipinski definition) is 4. The molecule has 0 saturated heterocycles. The monoisotopic (exact) mass is 383 g/mol. The van der Waals surface area contributed by atoms with E-state index in [-0.39, 0.29) is 11.7 Å². The van der Waals surface area contributed by atoms with E-state index in [4.69, 9.17) is 21.1 Å². The van der Waals surface area contributed by atoms with Crippen LogP contribution >= 0.6 is 23.4 Å². The Morgan fingerprint density at radius 2 is 1.96 bits per heavy atom. The number of thioether (sulfide) groups is 1. The van der Waals surface area contributed by atoms with Gasteiger partial charge in [-0.15, -0.1) is 0 Å². The lowest BCUT2D eigenvalue weighted by molar-refractivity contribution is 0.0952. The van der Waals surface area contributed by atoms with Crippen LogP contribution in [0.25, 0.3) is 0 Å². The van der Waals surface area contributed by atoms with Gasteiger partial charge in [0.1, 0.15) is 5.82 Å². The Morgan fingerprint density at radius 1 is 1.20 bits per heavy atom. The molecule has 7 heteroatoms. The Hall–Kier alpha value is -1.92. The summed E-state index contributed by atoms with van der Waals surface area (Å²) in [4.78, 5) is 12.3. The van der Waals surface area contributed by atoms with Crippen molar-refractivity contribution in [3.63, 3.8) is 0 Å². The third-order valence-electron chi connectivity index (χ3n) is 3.49. The van der Waals surface area contributed by atoms with Crippen molar-refractivity contribution < 1.29 is 18.7 Å². The summed E-state index contributed by atoms with van der Waals surface area (Å²) >= 11 is 7.48. The van der Waals surface area contributed by atoms with Crippen LogP contribution in [0.4, 0.5) is 4.39 Å². The summed E-state index contributed by atoms with van der Waals surface area (Å²) in [5.74, 6) is 1.41. The molecular formula is C18H19ClFNO3S. The van der Waals surface area contributed by atoms with E-state index in [1.54, 1.807) is 30.3 Å². The average Bonchev–Trinajstić information content (AvgIpc) is 2.62. The van der Waals surface area contributed by atoms with Crippen LogP contribution in [0.1, 0.15) is 15.9 Å². The minimum absolute atomic E-state index is 0.250. The van der Waals surface area contributed by atoms with E-state index in [9.17, 15) is 9.18 Å². The second-order valence-corrected chi connectivity index (χ2v) is 6.56. The van der Waals surface area contributed by atoms with Crippen molar-refractivity contribution in [3.8, 4) is 11.5 Å². The molecule has 2 rings (SSSR count). The third kappa shape index (κ3) is 5.03. The van der Waals surface area contributed by atoms with Crippen LogP contribution in [0, 0.1) is 5.82 Å². The summed E-state index contributed by atoms with van der Waals surface area (Å²) in [5.41, 5.74) is 0.888. The molecular weight excluding hydrogens is 365 g/mol. The Kier molecular flexibility index (Phi) is 7.40. The fourth-order valence-corrected chi connectivity index (χ4v) is 3.44. The number of rotatable bonds is 8. The maximum Gasteiger partial charge on any atom is 0.255 e. The number of halogens is 2. The van der Waals surface area contributed by atoms with E-state index in [2.05, 4.69) is 5.32 Å². The molecule has 0 aliphatic carbocycles. The third-order valence-corrected chi connectivity index (χ3v) is 4.83. The number of para-hydroxylation sites is 1. The number of carbonyl (C=O) groups is 1. The van der Waals surface area contributed by atoms with Gasteiger partial charge in [0, 0.05) is 28.6 Å². The summed E-state index contributed by atoms with van der Waals surface area (Å²) in [5, 5.41) is 3.23. The molecule has 1 N–H and O–H groups in total. The van der Waals surface area contributed by atoms with Crippen LogP contribution in [0.2, 0.25) is 5.02 Å². The molecule has 0 saturated carbocycles. The summed E-state index contributed by atoms with van der Waals surface area (Å²) in [6, 6.07) is 9.75. The van der Waals surface area contributed by atoms with Gasteiger partial charge in [0.2, 0.25) is 0 Å². The highest BCUT2D eigenvalue weighted by Gasteiger charge is 2.15. The van der Waals surface area contributed by atoms with Gasteiger partial charge >= 0.3 is 0 Å². The molecule has 0 aliphatic heterocycles. The first-order chi connectivity index (χ1) is 12.1. The summed E-state index contributed by atoms with van der Waals surface area (Å²) in [7, 11) is 3.01. The molecule has 4 nitrogen and oxygen atoms in total. The van der Waals surface area contributed by atoms with E-state index in [0.717, 1.165) is 0 Å².